The molecule has 2 N–H and O–H groups in total. The fourth-order valence-electron chi connectivity index (χ4n) is 4.74. The highest BCUT2D eigenvalue weighted by Gasteiger charge is 2.21. The maximum Gasteiger partial charge on any atom is 0.335 e. The van der Waals surface area contributed by atoms with Crippen LogP contribution in [0, 0.1) is 6.92 Å². The second kappa shape index (κ2) is 8.36. The molecule has 0 spiro atoms. The highest BCUT2D eigenvalue weighted by molar-refractivity contribution is 5.96. The second-order valence-electron chi connectivity index (χ2n) is 8.71. The van der Waals surface area contributed by atoms with Gasteiger partial charge in [-0.15, -0.1) is 0 Å². The Labute approximate surface area is 206 Å². The Morgan fingerprint density at radius 1 is 0.778 bits per heavy atom. The van der Waals surface area contributed by atoms with Gasteiger partial charge in [0.25, 0.3) is 5.56 Å². The van der Waals surface area contributed by atoms with Crippen molar-refractivity contribution < 1.29 is 9.90 Å². The molecule has 174 valence electrons. The Hall–Kier alpha value is -4.97. The average molecular weight is 472 g/mol. The van der Waals surface area contributed by atoms with Gasteiger partial charge in [0, 0.05) is 5.56 Å². The molecule has 36 heavy (non-hydrogen) atoms. The highest BCUT2D eigenvalue weighted by Crippen LogP contribution is 2.35. The van der Waals surface area contributed by atoms with Crippen molar-refractivity contribution in [2.45, 2.75) is 6.92 Å². The van der Waals surface area contributed by atoms with Crippen LogP contribution in [0.15, 0.2) is 102 Å². The summed E-state index contributed by atoms with van der Waals surface area (Å²) in [5.41, 5.74) is 6.06. The lowest BCUT2D eigenvalue weighted by Crippen LogP contribution is -2.19. The van der Waals surface area contributed by atoms with Crippen LogP contribution in [0.3, 0.4) is 0 Å². The number of benzene rings is 4. The van der Waals surface area contributed by atoms with Gasteiger partial charge >= 0.3 is 5.97 Å². The smallest absolute Gasteiger partial charge is 0.335 e. The van der Waals surface area contributed by atoms with E-state index >= 15 is 0 Å². The van der Waals surface area contributed by atoms with Crippen molar-refractivity contribution >= 4 is 22.4 Å². The lowest BCUT2D eigenvalue weighted by atomic mass is 9.99. The van der Waals surface area contributed by atoms with Gasteiger partial charge in [-0.2, -0.15) is 4.52 Å². The van der Waals surface area contributed by atoms with Crippen molar-refractivity contribution in [3.05, 3.63) is 119 Å². The molecule has 0 aliphatic heterocycles. The number of aryl methyl sites for hydroxylation is 1. The molecular weight excluding hydrogens is 450 g/mol. The lowest BCUT2D eigenvalue weighted by Gasteiger charge is -2.08. The number of aromatic nitrogens is 3. The fraction of sp³-hybridized carbons (Fsp3) is 0.0333. The molecule has 6 nitrogen and oxygen atoms in total. The number of aromatic amines is 1. The summed E-state index contributed by atoms with van der Waals surface area (Å²) in [7, 11) is 0. The summed E-state index contributed by atoms with van der Waals surface area (Å²) in [6, 6.07) is 30.4. The second-order valence-corrected chi connectivity index (χ2v) is 8.71. The molecule has 0 atom stereocenters. The summed E-state index contributed by atoms with van der Waals surface area (Å²) < 4.78 is 1.52. The predicted molar refractivity (Wildman–Crippen MR) is 141 cm³/mol. The minimum atomic E-state index is -0.972. The first kappa shape index (κ1) is 21.6. The Morgan fingerprint density at radius 2 is 1.42 bits per heavy atom. The van der Waals surface area contributed by atoms with E-state index < -0.39 is 5.97 Å². The molecule has 0 bridgehead atoms. The van der Waals surface area contributed by atoms with E-state index in [1.54, 1.807) is 18.2 Å². The van der Waals surface area contributed by atoms with Crippen LogP contribution in [0.2, 0.25) is 0 Å². The minimum Gasteiger partial charge on any atom is -0.478 e. The van der Waals surface area contributed by atoms with Crippen molar-refractivity contribution in [1.82, 2.24) is 14.6 Å². The topological polar surface area (TPSA) is 87.5 Å². The van der Waals surface area contributed by atoms with E-state index in [-0.39, 0.29) is 11.1 Å². The quantitative estimate of drug-likeness (QED) is 0.321. The van der Waals surface area contributed by atoms with Crippen molar-refractivity contribution in [3.63, 3.8) is 0 Å². The molecule has 0 aliphatic rings. The van der Waals surface area contributed by atoms with Crippen LogP contribution < -0.4 is 5.56 Å². The van der Waals surface area contributed by atoms with Crippen molar-refractivity contribution in [2.24, 2.45) is 0 Å². The maximum atomic E-state index is 13.9. The molecule has 6 rings (SSSR count). The van der Waals surface area contributed by atoms with Gasteiger partial charge in [-0.1, -0.05) is 78.9 Å². The number of rotatable bonds is 4. The average Bonchev–Trinajstić information content (AvgIpc) is 3.29. The first-order valence-corrected chi connectivity index (χ1v) is 11.5. The van der Waals surface area contributed by atoms with E-state index in [9.17, 15) is 14.7 Å². The first-order chi connectivity index (χ1) is 17.5. The van der Waals surface area contributed by atoms with Crippen LogP contribution in [0.4, 0.5) is 0 Å². The van der Waals surface area contributed by atoms with E-state index in [0.29, 0.717) is 16.9 Å². The van der Waals surface area contributed by atoms with Gasteiger partial charge in [0.15, 0.2) is 5.65 Å². The molecule has 0 saturated carbocycles. The number of carboxylic acids is 1. The number of nitrogens with one attached hydrogen (secondary N) is 1. The number of hydrogen-bond donors (Lipinski definition) is 2. The van der Waals surface area contributed by atoms with E-state index in [1.165, 1.54) is 4.52 Å². The molecule has 2 heterocycles. The molecule has 0 amide bonds. The molecule has 4 aromatic carbocycles. The minimum absolute atomic E-state index is 0.196. The van der Waals surface area contributed by atoms with Crippen LogP contribution in [0.5, 0.6) is 0 Å². The van der Waals surface area contributed by atoms with Crippen LogP contribution >= 0.6 is 0 Å². The van der Waals surface area contributed by atoms with Crippen LogP contribution in [0.1, 0.15) is 16.1 Å². The van der Waals surface area contributed by atoms with Crippen molar-refractivity contribution in [2.75, 3.05) is 0 Å². The summed E-state index contributed by atoms with van der Waals surface area (Å²) in [5, 5.41) is 14.2. The lowest BCUT2D eigenvalue weighted by molar-refractivity contribution is 0.0697. The number of fused-ring (bicyclic) bond motifs is 2. The van der Waals surface area contributed by atoms with Gasteiger partial charge in [-0.05, 0) is 47.0 Å². The van der Waals surface area contributed by atoms with Crippen LogP contribution in [-0.4, -0.2) is 25.7 Å². The Bertz CT molecular complexity index is 1840. The first-order valence-electron chi connectivity index (χ1n) is 11.5. The van der Waals surface area contributed by atoms with Gasteiger partial charge in [-0.3, -0.25) is 9.89 Å². The molecule has 6 aromatic rings. The third kappa shape index (κ3) is 3.47. The Kier molecular flexibility index (Phi) is 5.00. The largest absolute Gasteiger partial charge is 0.478 e. The third-order valence-corrected chi connectivity index (χ3v) is 6.46. The third-order valence-electron chi connectivity index (χ3n) is 6.46. The van der Waals surface area contributed by atoms with Crippen molar-refractivity contribution in [1.29, 1.82) is 0 Å². The number of hydrogen-bond acceptors (Lipinski definition) is 3. The van der Waals surface area contributed by atoms with Gasteiger partial charge in [0.1, 0.15) is 0 Å². The number of carbonyl (C=O) groups is 1. The van der Waals surface area contributed by atoms with E-state index in [1.807, 2.05) is 85.8 Å². The summed E-state index contributed by atoms with van der Waals surface area (Å²) in [4.78, 5) is 30.1. The Balaban J connectivity index is 1.60. The van der Waals surface area contributed by atoms with Gasteiger partial charge in [-0.25, -0.2) is 9.78 Å². The van der Waals surface area contributed by atoms with E-state index in [2.05, 4.69) is 5.10 Å². The van der Waals surface area contributed by atoms with Gasteiger partial charge < -0.3 is 5.11 Å². The molecule has 2 aromatic heterocycles. The number of aromatic carboxylic acids is 1. The summed E-state index contributed by atoms with van der Waals surface area (Å²) in [6.07, 6.45) is 0. The van der Waals surface area contributed by atoms with E-state index in [4.69, 9.17) is 4.98 Å². The van der Waals surface area contributed by atoms with Gasteiger partial charge in [0.05, 0.1) is 28.1 Å². The maximum absolute atomic E-state index is 13.9. The molecule has 0 saturated heterocycles. The number of nitrogens with zero attached hydrogens (tertiary/aromatic N) is 2. The number of H-pyrrole nitrogens is 1. The molecular formula is C30H21N3O3. The molecule has 6 heteroatoms. The van der Waals surface area contributed by atoms with E-state index in [0.717, 1.165) is 38.7 Å². The Morgan fingerprint density at radius 3 is 2.11 bits per heavy atom. The number of carboxylic acid groups (broad SMARTS) is 1. The zero-order valence-electron chi connectivity index (χ0n) is 19.4. The summed E-state index contributed by atoms with van der Waals surface area (Å²) >= 11 is 0. The van der Waals surface area contributed by atoms with Crippen LogP contribution in [-0.2, 0) is 0 Å². The molecule has 0 unspecified atom stereocenters. The zero-order valence-corrected chi connectivity index (χ0v) is 19.4. The SMILES string of the molecule is Cc1nc2c(-c3ccccc3)c(-c3ccccc3)[nH]n2c(=O)c1-c1ccc2cc(C(=O)O)ccc2c1. The highest BCUT2D eigenvalue weighted by atomic mass is 16.4. The normalized spacial score (nSPS) is 11.2. The standard InChI is InChI=1S/C30H21N3O3/c1-18-25(23-14-12-22-17-24(30(35)36)15-13-21(22)16-23)29(34)33-28(31-18)26(19-8-4-2-5-9-19)27(32-33)20-10-6-3-7-11-20/h2-17,32H,1H3,(H,35,36). The monoisotopic (exact) mass is 471 g/mol. The van der Waals surface area contributed by atoms with Crippen LogP contribution in [0.25, 0.3) is 49.9 Å². The summed E-state index contributed by atoms with van der Waals surface area (Å²) in [5.74, 6) is -0.972. The molecule has 0 fully saturated rings. The fourth-order valence-corrected chi connectivity index (χ4v) is 4.74. The summed E-state index contributed by atoms with van der Waals surface area (Å²) in [6.45, 7) is 1.85. The van der Waals surface area contributed by atoms with Gasteiger partial charge in [0.2, 0.25) is 0 Å². The molecule has 0 radical (unpaired) electrons. The predicted octanol–water partition coefficient (Wildman–Crippen LogP) is 6.18. The zero-order chi connectivity index (χ0) is 24.8. The van der Waals surface area contributed by atoms with Crippen molar-refractivity contribution in [3.8, 4) is 33.5 Å². The molecule has 0 aliphatic carbocycles.